The minimum atomic E-state index is -0.125. The lowest BCUT2D eigenvalue weighted by atomic mass is 9.94. The zero-order valence-corrected chi connectivity index (χ0v) is 12.4. The van der Waals surface area contributed by atoms with Gasteiger partial charge in [0, 0.05) is 6.04 Å². The van der Waals surface area contributed by atoms with E-state index in [0.29, 0.717) is 6.42 Å². The van der Waals surface area contributed by atoms with Crippen LogP contribution in [-0.2, 0) is 6.42 Å². The molecule has 2 rings (SSSR count). The summed E-state index contributed by atoms with van der Waals surface area (Å²) in [6.07, 6.45) is 0.671. The molecule has 20 heavy (non-hydrogen) atoms. The molecular formula is C18H22FN. The Hall–Kier alpha value is -1.67. The second-order valence-electron chi connectivity index (χ2n) is 5.27. The molecular weight excluding hydrogens is 249 g/mol. The average Bonchev–Trinajstić information content (AvgIpc) is 2.41. The van der Waals surface area contributed by atoms with Crippen molar-refractivity contribution in [2.75, 3.05) is 6.54 Å². The monoisotopic (exact) mass is 271 g/mol. The third-order valence-corrected chi connectivity index (χ3v) is 3.63. The highest BCUT2D eigenvalue weighted by molar-refractivity contribution is 5.34. The van der Waals surface area contributed by atoms with Gasteiger partial charge in [0.25, 0.3) is 0 Å². The molecule has 106 valence electrons. The van der Waals surface area contributed by atoms with Crippen LogP contribution in [0.5, 0.6) is 0 Å². The Morgan fingerprint density at radius 1 is 1.10 bits per heavy atom. The van der Waals surface area contributed by atoms with E-state index in [1.54, 1.807) is 6.07 Å². The van der Waals surface area contributed by atoms with E-state index in [9.17, 15) is 4.39 Å². The Kier molecular flexibility index (Phi) is 4.91. The van der Waals surface area contributed by atoms with Crippen LogP contribution in [0.25, 0.3) is 0 Å². The first-order valence-electron chi connectivity index (χ1n) is 7.15. The predicted octanol–water partition coefficient (Wildman–Crippen LogP) is 4.34. The van der Waals surface area contributed by atoms with Crippen LogP contribution in [-0.4, -0.2) is 6.54 Å². The van der Waals surface area contributed by atoms with Gasteiger partial charge in [0.2, 0.25) is 0 Å². The molecule has 0 saturated carbocycles. The van der Waals surface area contributed by atoms with Gasteiger partial charge in [0.1, 0.15) is 5.82 Å². The number of aryl methyl sites for hydroxylation is 2. The van der Waals surface area contributed by atoms with E-state index in [2.05, 4.69) is 44.3 Å². The summed E-state index contributed by atoms with van der Waals surface area (Å²) in [6, 6.07) is 13.6. The Labute approximate surface area is 120 Å². The molecule has 2 heteroatoms. The molecule has 0 amide bonds. The molecule has 0 aliphatic heterocycles. The third kappa shape index (κ3) is 3.45. The second kappa shape index (κ2) is 6.67. The van der Waals surface area contributed by atoms with Crippen molar-refractivity contribution in [3.8, 4) is 0 Å². The number of hydrogen-bond acceptors (Lipinski definition) is 1. The maximum atomic E-state index is 13.8. The molecule has 0 radical (unpaired) electrons. The number of halogens is 1. The van der Waals surface area contributed by atoms with Crippen molar-refractivity contribution in [3.63, 3.8) is 0 Å². The largest absolute Gasteiger partial charge is 0.310 e. The van der Waals surface area contributed by atoms with Crippen molar-refractivity contribution in [3.05, 3.63) is 70.5 Å². The molecule has 1 atom stereocenters. The number of nitrogens with one attached hydrogen (secondary N) is 1. The van der Waals surface area contributed by atoms with Crippen molar-refractivity contribution < 1.29 is 4.39 Å². The van der Waals surface area contributed by atoms with Crippen LogP contribution in [0.3, 0.4) is 0 Å². The van der Waals surface area contributed by atoms with E-state index in [1.807, 2.05) is 12.1 Å². The fourth-order valence-corrected chi connectivity index (χ4v) is 2.64. The van der Waals surface area contributed by atoms with Gasteiger partial charge in [-0.1, -0.05) is 48.9 Å². The van der Waals surface area contributed by atoms with E-state index < -0.39 is 0 Å². The van der Waals surface area contributed by atoms with Gasteiger partial charge in [0.15, 0.2) is 0 Å². The maximum Gasteiger partial charge on any atom is 0.126 e. The molecule has 0 saturated heterocycles. The van der Waals surface area contributed by atoms with Crippen molar-refractivity contribution in [2.24, 2.45) is 0 Å². The molecule has 0 aromatic heterocycles. The highest BCUT2D eigenvalue weighted by atomic mass is 19.1. The van der Waals surface area contributed by atoms with Crippen LogP contribution < -0.4 is 5.32 Å². The first-order valence-corrected chi connectivity index (χ1v) is 7.15. The summed E-state index contributed by atoms with van der Waals surface area (Å²) >= 11 is 0. The highest BCUT2D eigenvalue weighted by Gasteiger charge is 2.15. The minimum Gasteiger partial charge on any atom is -0.310 e. The molecule has 1 unspecified atom stereocenters. The normalized spacial score (nSPS) is 12.4. The molecule has 0 aliphatic carbocycles. The van der Waals surface area contributed by atoms with Crippen LogP contribution in [0.4, 0.5) is 4.39 Å². The Bertz CT molecular complexity index is 577. The lowest BCUT2D eigenvalue weighted by molar-refractivity contribution is 0.526. The number of rotatable bonds is 5. The zero-order valence-electron chi connectivity index (χ0n) is 12.4. The molecule has 0 bridgehead atoms. The lowest BCUT2D eigenvalue weighted by Crippen LogP contribution is -2.24. The van der Waals surface area contributed by atoms with Gasteiger partial charge in [0.05, 0.1) is 0 Å². The summed E-state index contributed by atoms with van der Waals surface area (Å²) in [4.78, 5) is 0. The Morgan fingerprint density at radius 2 is 1.85 bits per heavy atom. The minimum absolute atomic E-state index is 0.125. The summed E-state index contributed by atoms with van der Waals surface area (Å²) in [5.74, 6) is -0.125. The van der Waals surface area contributed by atoms with Gasteiger partial charge in [-0.3, -0.25) is 0 Å². The van der Waals surface area contributed by atoms with Gasteiger partial charge >= 0.3 is 0 Å². The van der Waals surface area contributed by atoms with E-state index in [1.165, 1.54) is 22.8 Å². The van der Waals surface area contributed by atoms with Gasteiger partial charge in [-0.15, -0.1) is 0 Å². The molecule has 0 spiro atoms. The zero-order chi connectivity index (χ0) is 14.5. The van der Waals surface area contributed by atoms with Crippen molar-refractivity contribution in [1.29, 1.82) is 0 Å². The first-order chi connectivity index (χ1) is 9.61. The van der Waals surface area contributed by atoms with Crippen LogP contribution in [0, 0.1) is 19.7 Å². The molecule has 1 N–H and O–H groups in total. The highest BCUT2D eigenvalue weighted by Crippen LogP contribution is 2.23. The summed E-state index contributed by atoms with van der Waals surface area (Å²) in [7, 11) is 0. The van der Waals surface area contributed by atoms with Gasteiger partial charge in [-0.2, -0.15) is 0 Å². The third-order valence-electron chi connectivity index (χ3n) is 3.63. The summed E-state index contributed by atoms with van der Waals surface area (Å²) in [5, 5.41) is 3.47. The lowest BCUT2D eigenvalue weighted by Gasteiger charge is -2.21. The second-order valence-corrected chi connectivity index (χ2v) is 5.27. The molecule has 1 nitrogen and oxygen atoms in total. The Balaban J connectivity index is 2.29. The molecule has 0 aliphatic rings. The Morgan fingerprint density at radius 3 is 2.50 bits per heavy atom. The summed E-state index contributed by atoms with van der Waals surface area (Å²) in [5.41, 5.74) is 4.53. The standard InChI is InChI=1S/C18H22FN/c1-4-20-18(12-15-7-5-6-8-17(15)19)16-10-9-13(2)11-14(16)3/h5-11,18,20H,4,12H2,1-3H3. The van der Waals surface area contributed by atoms with Crippen LogP contribution in [0.15, 0.2) is 42.5 Å². The smallest absolute Gasteiger partial charge is 0.126 e. The van der Waals surface area contributed by atoms with Gasteiger partial charge < -0.3 is 5.32 Å². The molecule has 2 aromatic carbocycles. The quantitative estimate of drug-likeness (QED) is 0.853. The summed E-state index contributed by atoms with van der Waals surface area (Å²) in [6.45, 7) is 7.16. The van der Waals surface area contributed by atoms with Crippen LogP contribution in [0.1, 0.15) is 35.2 Å². The average molecular weight is 271 g/mol. The van der Waals surface area contributed by atoms with Gasteiger partial charge in [-0.25, -0.2) is 4.39 Å². The van der Waals surface area contributed by atoms with Crippen molar-refractivity contribution in [1.82, 2.24) is 5.32 Å². The molecule has 0 heterocycles. The number of hydrogen-bond donors (Lipinski definition) is 1. The number of likely N-dealkylation sites (N-methyl/N-ethyl adjacent to an activating group) is 1. The summed E-state index contributed by atoms with van der Waals surface area (Å²) < 4.78 is 13.8. The van der Waals surface area contributed by atoms with Crippen LogP contribution in [0.2, 0.25) is 0 Å². The van der Waals surface area contributed by atoms with Crippen LogP contribution >= 0.6 is 0 Å². The molecule has 2 aromatic rings. The van der Waals surface area contributed by atoms with E-state index in [4.69, 9.17) is 0 Å². The van der Waals surface area contributed by atoms with Crippen molar-refractivity contribution >= 4 is 0 Å². The SMILES string of the molecule is CCNC(Cc1ccccc1F)c1ccc(C)cc1C. The molecule has 0 fully saturated rings. The van der Waals surface area contributed by atoms with E-state index >= 15 is 0 Å². The van der Waals surface area contributed by atoms with E-state index in [0.717, 1.165) is 12.1 Å². The first kappa shape index (κ1) is 14.7. The number of benzene rings is 2. The predicted molar refractivity (Wildman–Crippen MR) is 82.4 cm³/mol. The fourth-order valence-electron chi connectivity index (χ4n) is 2.64. The fraction of sp³-hybridized carbons (Fsp3) is 0.333. The van der Waals surface area contributed by atoms with E-state index in [-0.39, 0.29) is 11.9 Å². The van der Waals surface area contributed by atoms with Gasteiger partial charge in [-0.05, 0) is 49.6 Å². The van der Waals surface area contributed by atoms with Crippen molar-refractivity contribution in [2.45, 2.75) is 33.2 Å². The maximum absolute atomic E-state index is 13.8. The topological polar surface area (TPSA) is 12.0 Å².